The second-order valence-corrected chi connectivity index (χ2v) is 7.40. The summed E-state index contributed by atoms with van der Waals surface area (Å²) >= 11 is 0. The third-order valence-corrected chi connectivity index (χ3v) is 5.41. The summed E-state index contributed by atoms with van der Waals surface area (Å²) in [7, 11) is 0. The zero-order chi connectivity index (χ0) is 20.0. The first-order valence-corrected chi connectivity index (χ1v) is 9.81. The lowest BCUT2D eigenvalue weighted by atomic mass is 10.1. The van der Waals surface area contributed by atoms with Crippen molar-refractivity contribution in [2.45, 2.75) is 26.8 Å². The van der Waals surface area contributed by atoms with Crippen LogP contribution in [-0.4, -0.2) is 55.5 Å². The highest BCUT2D eigenvalue weighted by atomic mass is 16.5. The van der Waals surface area contributed by atoms with Crippen molar-refractivity contribution in [3.63, 3.8) is 0 Å². The van der Waals surface area contributed by atoms with Gasteiger partial charge in [0.15, 0.2) is 0 Å². The predicted molar refractivity (Wildman–Crippen MR) is 111 cm³/mol. The highest BCUT2D eigenvalue weighted by molar-refractivity contribution is 5.94. The van der Waals surface area contributed by atoms with Crippen LogP contribution in [0.25, 0.3) is 28.0 Å². The summed E-state index contributed by atoms with van der Waals surface area (Å²) in [6, 6.07) is 10.5. The van der Waals surface area contributed by atoms with Crippen LogP contribution in [0, 0.1) is 13.8 Å². The molecule has 0 spiro atoms. The summed E-state index contributed by atoms with van der Waals surface area (Å²) in [5, 5.41) is 9.55. The van der Waals surface area contributed by atoms with E-state index in [0.717, 1.165) is 46.2 Å². The molecule has 148 valence electrons. The van der Waals surface area contributed by atoms with Gasteiger partial charge in [-0.15, -0.1) is 10.2 Å². The Hall–Kier alpha value is -3.26. The lowest BCUT2D eigenvalue weighted by Crippen LogP contribution is -2.44. The van der Waals surface area contributed by atoms with Gasteiger partial charge in [0.25, 0.3) is 0 Å². The molecule has 0 saturated carbocycles. The number of aryl methyl sites for hydroxylation is 2. The molecule has 1 aliphatic heterocycles. The fraction of sp³-hybridized carbons (Fsp3) is 0.333. The lowest BCUT2D eigenvalue weighted by molar-refractivity contribution is 0.0981. The van der Waals surface area contributed by atoms with Crippen LogP contribution in [0.1, 0.15) is 18.6 Å². The van der Waals surface area contributed by atoms with E-state index in [-0.39, 0.29) is 6.04 Å². The SMILES string of the molecule is Cc1nnc(C)n1-c1cc(-c2cccc3[nH]ccc23)nc(N2CCOCC2C)n1. The first kappa shape index (κ1) is 17.8. The summed E-state index contributed by atoms with van der Waals surface area (Å²) in [6.07, 6.45) is 1.95. The number of H-pyrrole nitrogens is 1. The molecule has 8 heteroatoms. The highest BCUT2D eigenvalue weighted by Crippen LogP contribution is 2.30. The minimum Gasteiger partial charge on any atom is -0.377 e. The summed E-state index contributed by atoms with van der Waals surface area (Å²) in [5.74, 6) is 3.07. The standard InChI is InChI=1S/C21H23N7O/c1-13-12-29-10-9-27(13)21-23-19(16-5-4-6-18-17(16)7-8-22-18)11-20(24-21)28-14(2)25-26-15(28)3/h4-8,11,13,22H,9-10,12H2,1-3H3. The number of rotatable bonds is 3. The van der Waals surface area contributed by atoms with Crippen molar-refractivity contribution in [3.05, 3.63) is 48.2 Å². The zero-order valence-electron chi connectivity index (χ0n) is 16.8. The van der Waals surface area contributed by atoms with E-state index >= 15 is 0 Å². The number of aromatic amines is 1. The van der Waals surface area contributed by atoms with E-state index in [1.807, 2.05) is 36.7 Å². The zero-order valence-corrected chi connectivity index (χ0v) is 16.8. The van der Waals surface area contributed by atoms with Gasteiger partial charge in [-0.3, -0.25) is 4.57 Å². The second kappa shape index (κ2) is 6.97. The molecule has 4 heterocycles. The minimum atomic E-state index is 0.206. The van der Waals surface area contributed by atoms with Crippen molar-refractivity contribution in [2.75, 3.05) is 24.7 Å². The Morgan fingerprint density at radius 1 is 1.10 bits per heavy atom. The Labute approximate surface area is 168 Å². The maximum absolute atomic E-state index is 5.61. The average molecular weight is 389 g/mol. The van der Waals surface area contributed by atoms with Crippen LogP contribution in [-0.2, 0) is 4.74 Å². The van der Waals surface area contributed by atoms with E-state index in [2.05, 4.69) is 45.2 Å². The maximum Gasteiger partial charge on any atom is 0.228 e. The number of benzene rings is 1. The molecule has 3 aromatic heterocycles. The van der Waals surface area contributed by atoms with Gasteiger partial charge in [-0.1, -0.05) is 12.1 Å². The highest BCUT2D eigenvalue weighted by Gasteiger charge is 2.24. The molecular formula is C21H23N7O. The van der Waals surface area contributed by atoms with Crippen molar-refractivity contribution in [3.8, 4) is 17.1 Å². The summed E-state index contributed by atoms with van der Waals surface area (Å²) in [5.41, 5.74) is 3.03. The molecule has 1 aromatic carbocycles. The molecule has 8 nitrogen and oxygen atoms in total. The first-order valence-electron chi connectivity index (χ1n) is 9.81. The molecule has 0 amide bonds. The number of ether oxygens (including phenoxy) is 1. The topological polar surface area (TPSA) is 84.8 Å². The van der Waals surface area contributed by atoms with Gasteiger partial charge >= 0.3 is 0 Å². The van der Waals surface area contributed by atoms with Crippen LogP contribution in [0.5, 0.6) is 0 Å². The number of hydrogen-bond acceptors (Lipinski definition) is 6. The van der Waals surface area contributed by atoms with Gasteiger partial charge in [0.05, 0.1) is 24.9 Å². The Morgan fingerprint density at radius 3 is 2.72 bits per heavy atom. The number of aromatic nitrogens is 6. The van der Waals surface area contributed by atoms with Crippen LogP contribution < -0.4 is 4.90 Å². The number of morpholine rings is 1. The molecule has 4 aromatic rings. The van der Waals surface area contributed by atoms with Crippen molar-refractivity contribution in [1.82, 2.24) is 29.7 Å². The molecule has 29 heavy (non-hydrogen) atoms. The summed E-state index contributed by atoms with van der Waals surface area (Å²) in [6.45, 7) is 8.11. The van der Waals surface area contributed by atoms with E-state index in [0.29, 0.717) is 19.2 Å². The molecule has 0 aliphatic carbocycles. The van der Waals surface area contributed by atoms with Gasteiger partial charge in [-0.2, -0.15) is 4.98 Å². The molecule has 0 bridgehead atoms. The normalized spacial score (nSPS) is 17.2. The Bertz CT molecular complexity index is 1160. The van der Waals surface area contributed by atoms with E-state index in [9.17, 15) is 0 Å². The van der Waals surface area contributed by atoms with Gasteiger partial charge in [-0.25, -0.2) is 4.98 Å². The summed E-state index contributed by atoms with van der Waals surface area (Å²) < 4.78 is 7.58. The van der Waals surface area contributed by atoms with Gasteiger partial charge < -0.3 is 14.6 Å². The van der Waals surface area contributed by atoms with Crippen molar-refractivity contribution >= 4 is 16.9 Å². The van der Waals surface area contributed by atoms with Gasteiger partial charge in [0, 0.05) is 35.3 Å². The predicted octanol–water partition coefficient (Wildman–Crippen LogP) is 3.05. The monoisotopic (exact) mass is 389 g/mol. The number of nitrogens with zero attached hydrogens (tertiary/aromatic N) is 6. The van der Waals surface area contributed by atoms with Crippen LogP contribution in [0.2, 0.25) is 0 Å². The average Bonchev–Trinajstić information content (AvgIpc) is 3.34. The van der Waals surface area contributed by atoms with E-state index < -0.39 is 0 Å². The quantitative estimate of drug-likeness (QED) is 0.580. The second-order valence-electron chi connectivity index (χ2n) is 7.40. The Morgan fingerprint density at radius 2 is 1.93 bits per heavy atom. The number of hydrogen-bond donors (Lipinski definition) is 1. The molecule has 1 atom stereocenters. The van der Waals surface area contributed by atoms with Crippen LogP contribution in [0.4, 0.5) is 5.95 Å². The Kier molecular flexibility index (Phi) is 4.28. The van der Waals surface area contributed by atoms with Gasteiger partial charge in [0.1, 0.15) is 17.5 Å². The molecular weight excluding hydrogens is 366 g/mol. The van der Waals surface area contributed by atoms with Crippen LogP contribution in [0.3, 0.4) is 0 Å². The molecule has 1 aliphatic rings. The van der Waals surface area contributed by atoms with Crippen LogP contribution in [0.15, 0.2) is 36.5 Å². The van der Waals surface area contributed by atoms with Crippen LogP contribution >= 0.6 is 0 Å². The largest absolute Gasteiger partial charge is 0.377 e. The maximum atomic E-state index is 5.61. The molecule has 1 unspecified atom stereocenters. The molecule has 5 rings (SSSR count). The first-order chi connectivity index (χ1) is 14.1. The van der Waals surface area contributed by atoms with Gasteiger partial charge in [-0.05, 0) is 32.9 Å². The minimum absolute atomic E-state index is 0.206. The van der Waals surface area contributed by atoms with E-state index in [4.69, 9.17) is 14.7 Å². The number of anilines is 1. The van der Waals surface area contributed by atoms with E-state index in [1.165, 1.54) is 0 Å². The molecule has 0 radical (unpaired) electrons. The number of fused-ring (bicyclic) bond motifs is 1. The van der Waals surface area contributed by atoms with E-state index in [1.54, 1.807) is 0 Å². The number of nitrogens with one attached hydrogen (secondary N) is 1. The fourth-order valence-electron chi connectivity index (χ4n) is 3.94. The third-order valence-electron chi connectivity index (χ3n) is 5.41. The smallest absolute Gasteiger partial charge is 0.228 e. The molecule has 1 saturated heterocycles. The van der Waals surface area contributed by atoms with Crippen molar-refractivity contribution < 1.29 is 4.74 Å². The molecule has 1 N–H and O–H groups in total. The van der Waals surface area contributed by atoms with Crippen molar-refractivity contribution in [2.24, 2.45) is 0 Å². The Balaban J connectivity index is 1.73. The lowest BCUT2D eigenvalue weighted by Gasteiger charge is -2.33. The van der Waals surface area contributed by atoms with Gasteiger partial charge in [0.2, 0.25) is 5.95 Å². The third kappa shape index (κ3) is 3.05. The fourth-order valence-corrected chi connectivity index (χ4v) is 3.94. The molecule has 1 fully saturated rings. The summed E-state index contributed by atoms with van der Waals surface area (Å²) in [4.78, 5) is 15.4. The van der Waals surface area contributed by atoms with Crippen molar-refractivity contribution in [1.29, 1.82) is 0 Å².